The summed E-state index contributed by atoms with van der Waals surface area (Å²) in [6, 6.07) is 4.41. The molecule has 0 amide bonds. The van der Waals surface area contributed by atoms with Crippen LogP contribution in [0.2, 0.25) is 0 Å². The maximum Gasteiger partial charge on any atom is 0.199 e. The molecule has 1 heterocycles. The van der Waals surface area contributed by atoms with E-state index >= 15 is 0 Å². The molecule has 2 rings (SSSR count). The van der Waals surface area contributed by atoms with Gasteiger partial charge in [-0.05, 0) is 22.4 Å². The van der Waals surface area contributed by atoms with Crippen molar-refractivity contribution < 1.29 is 9.02 Å². The molecule has 6 nitrogen and oxygen atoms in total. The monoisotopic (exact) mass is 247 g/mol. The minimum Gasteiger partial charge on any atom is -0.382 e. The Balaban J connectivity index is 2.48. The molecule has 0 unspecified atom stereocenters. The molecular weight excluding hydrogens is 237 g/mol. The van der Waals surface area contributed by atoms with Crippen LogP contribution >= 0.6 is 0 Å². The van der Waals surface area contributed by atoms with E-state index in [-0.39, 0.29) is 22.9 Å². The van der Waals surface area contributed by atoms with Crippen LogP contribution in [0, 0.1) is 5.82 Å². The third kappa shape index (κ3) is 2.05. The maximum absolute atomic E-state index is 13.5. The van der Waals surface area contributed by atoms with Gasteiger partial charge < -0.3 is 11.5 Å². The summed E-state index contributed by atoms with van der Waals surface area (Å²) in [7, 11) is 0. The first-order valence-corrected chi connectivity index (χ1v) is 4.97. The quantitative estimate of drug-likeness (QED) is 0.631. The lowest BCUT2D eigenvalue weighted by Gasteiger charge is -2.02. The van der Waals surface area contributed by atoms with Gasteiger partial charge >= 0.3 is 0 Å². The van der Waals surface area contributed by atoms with Gasteiger partial charge in [-0.2, -0.15) is 0 Å². The fourth-order valence-corrected chi connectivity index (χ4v) is 1.38. The number of hydrogen-bond acceptors (Lipinski definition) is 5. The van der Waals surface area contributed by atoms with Crippen LogP contribution in [-0.4, -0.2) is 16.1 Å². The lowest BCUT2D eigenvalue weighted by atomic mass is 10.1. The summed E-state index contributed by atoms with van der Waals surface area (Å²) >= 11 is 0. The normalized spacial score (nSPS) is 11.5. The van der Waals surface area contributed by atoms with Crippen molar-refractivity contribution in [3.05, 3.63) is 41.9 Å². The zero-order valence-corrected chi connectivity index (χ0v) is 9.30. The Hall–Kier alpha value is -2.70. The highest BCUT2D eigenvalue weighted by Crippen LogP contribution is 2.23. The minimum absolute atomic E-state index is 0.0116. The van der Waals surface area contributed by atoms with Gasteiger partial charge in [0.1, 0.15) is 5.82 Å². The van der Waals surface area contributed by atoms with Crippen LogP contribution < -0.4 is 11.5 Å². The Kier molecular flexibility index (Phi) is 3.05. The third-order valence-electron chi connectivity index (χ3n) is 2.23. The van der Waals surface area contributed by atoms with E-state index in [1.807, 2.05) is 0 Å². The summed E-state index contributed by atoms with van der Waals surface area (Å²) in [5.41, 5.74) is 11.9. The lowest BCUT2D eigenvalue weighted by Crippen LogP contribution is -2.15. The van der Waals surface area contributed by atoms with Crippen molar-refractivity contribution >= 4 is 23.4 Å². The Morgan fingerprint density at radius 3 is 2.83 bits per heavy atom. The highest BCUT2D eigenvalue weighted by atomic mass is 19.1. The molecule has 2 aromatic rings. The summed E-state index contributed by atoms with van der Waals surface area (Å²) in [6.07, 6.45) is 1.35. The summed E-state index contributed by atoms with van der Waals surface area (Å²) in [5, 5.41) is 6.88. The molecule has 0 atom stereocenters. The molecule has 0 aliphatic heterocycles. The Labute approximate surface area is 102 Å². The number of aliphatic imine (C=N–C) groups is 1. The van der Waals surface area contributed by atoms with E-state index in [2.05, 4.69) is 26.5 Å². The summed E-state index contributed by atoms with van der Waals surface area (Å²) < 4.78 is 17.9. The number of anilines is 1. The number of benzene rings is 1. The van der Waals surface area contributed by atoms with Crippen molar-refractivity contribution in [2.24, 2.45) is 10.7 Å². The van der Waals surface area contributed by atoms with Crippen LogP contribution in [0.4, 0.5) is 15.9 Å². The fourth-order valence-electron chi connectivity index (χ4n) is 1.38. The van der Waals surface area contributed by atoms with Gasteiger partial charge in [0.25, 0.3) is 0 Å². The predicted octanol–water partition coefficient (Wildman–Crippen LogP) is 1.47. The summed E-state index contributed by atoms with van der Waals surface area (Å²) in [4.78, 5) is 4.03. The van der Waals surface area contributed by atoms with Gasteiger partial charge in [0.15, 0.2) is 17.3 Å². The smallest absolute Gasteiger partial charge is 0.199 e. The van der Waals surface area contributed by atoms with Crippen LogP contribution in [0.15, 0.2) is 34.4 Å². The number of rotatable bonds is 3. The number of amidine groups is 1. The SMILES string of the molecule is C=Cc1c(F)cccc1N=C(N)c1nonc1N. The van der Waals surface area contributed by atoms with Crippen LogP contribution in [0.25, 0.3) is 6.08 Å². The second kappa shape index (κ2) is 4.66. The molecule has 0 aliphatic carbocycles. The number of nitrogen functional groups attached to an aromatic ring is 1. The second-order valence-corrected chi connectivity index (χ2v) is 3.37. The average molecular weight is 247 g/mol. The molecule has 18 heavy (non-hydrogen) atoms. The van der Waals surface area contributed by atoms with Crippen LogP contribution in [0.5, 0.6) is 0 Å². The molecule has 92 valence electrons. The van der Waals surface area contributed by atoms with Crippen molar-refractivity contribution in [1.29, 1.82) is 0 Å². The maximum atomic E-state index is 13.5. The van der Waals surface area contributed by atoms with Crippen LogP contribution in [0.1, 0.15) is 11.3 Å². The van der Waals surface area contributed by atoms with Gasteiger partial charge in [-0.25, -0.2) is 14.0 Å². The Bertz CT molecular complexity index is 620. The van der Waals surface area contributed by atoms with Crippen molar-refractivity contribution in [1.82, 2.24) is 10.3 Å². The van der Waals surface area contributed by atoms with Gasteiger partial charge in [-0.15, -0.1) is 0 Å². The molecule has 0 fully saturated rings. The Morgan fingerprint density at radius 1 is 1.44 bits per heavy atom. The van der Waals surface area contributed by atoms with E-state index < -0.39 is 5.82 Å². The average Bonchev–Trinajstić information content (AvgIpc) is 2.76. The van der Waals surface area contributed by atoms with Crippen molar-refractivity contribution in [3.63, 3.8) is 0 Å². The zero-order chi connectivity index (χ0) is 13.1. The summed E-state index contributed by atoms with van der Waals surface area (Å²) in [6.45, 7) is 3.52. The van der Waals surface area contributed by atoms with Gasteiger partial charge in [0, 0.05) is 5.56 Å². The van der Waals surface area contributed by atoms with Crippen molar-refractivity contribution in [2.45, 2.75) is 0 Å². The first-order chi connectivity index (χ1) is 8.63. The number of hydrogen-bond donors (Lipinski definition) is 2. The molecule has 4 N–H and O–H groups in total. The second-order valence-electron chi connectivity index (χ2n) is 3.37. The Morgan fingerprint density at radius 2 is 2.22 bits per heavy atom. The lowest BCUT2D eigenvalue weighted by molar-refractivity contribution is 0.308. The van der Waals surface area contributed by atoms with E-state index in [1.54, 1.807) is 6.07 Å². The molecule has 0 saturated carbocycles. The van der Waals surface area contributed by atoms with E-state index in [9.17, 15) is 4.39 Å². The molecule has 0 bridgehead atoms. The summed E-state index contributed by atoms with van der Waals surface area (Å²) in [5.74, 6) is -0.430. The molecule has 0 saturated heterocycles. The highest BCUT2D eigenvalue weighted by Gasteiger charge is 2.12. The molecule has 7 heteroatoms. The number of aromatic nitrogens is 2. The van der Waals surface area contributed by atoms with E-state index in [4.69, 9.17) is 11.5 Å². The number of nitrogens with two attached hydrogens (primary N) is 2. The standard InChI is InChI=1S/C11H10FN5O/c1-2-6-7(12)4-3-5-8(6)15-10(13)9-11(14)17-18-16-9/h2-5H,1H2,(H2,13,15)(H2,14,17). The van der Waals surface area contributed by atoms with Gasteiger partial charge in [-0.3, -0.25) is 0 Å². The van der Waals surface area contributed by atoms with E-state index in [0.717, 1.165) is 0 Å². The van der Waals surface area contributed by atoms with E-state index in [1.165, 1.54) is 18.2 Å². The van der Waals surface area contributed by atoms with Crippen LogP contribution in [0.3, 0.4) is 0 Å². The molecule has 1 aromatic heterocycles. The third-order valence-corrected chi connectivity index (χ3v) is 2.23. The molecular formula is C11H10FN5O. The highest BCUT2D eigenvalue weighted by molar-refractivity contribution is 6.00. The van der Waals surface area contributed by atoms with Gasteiger partial charge in [-0.1, -0.05) is 18.7 Å². The predicted molar refractivity (Wildman–Crippen MR) is 65.6 cm³/mol. The van der Waals surface area contributed by atoms with Gasteiger partial charge in [0.2, 0.25) is 0 Å². The molecule has 0 aliphatic rings. The largest absolute Gasteiger partial charge is 0.382 e. The molecule has 1 aromatic carbocycles. The van der Waals surface area contributed by atoms with Gasteiger partial charge in [0.05, 0.1) is 5.69 Å². The fraction of sp³-hybridized carbons (Fsp3) is 0. The van der Waals surface area contributed by atoms with Crippen molar-refractivity contribution in [3.8, 4) is 0 Å². The molecule has 0 spiro atoms. The minimum atomic E-state index is -0.440. The number of nitrogens with zero attached hydrogens (tertiary/aromatic N) is 3. The number of halogens is 1. The van der Waals surface area contributed by atoms with Crippen LogP contribution in [-0.2, 0) is 0 Å². The topological polar surface area (TPSA) is 103 Å². The van der Waals surface area contributed by atoms with E-state index in [0.29, 0.717) is 5.69 Å². The first-order valence-electron chi connectivity index (χ1n) is 4.97. The zero-order valence-electron chi connectivity index (χ0n) is 9.30. The van der Waals surface area contributed by atoms with Crippen molar-refractivity contribution in [2.75, 3.05) is 5.73 Å². The molecule has 0 radical (unpaired) electrons. The first kappa shape index (κ1) is 11.8.